The van der Waals surface area contributed by atoms with Crippen LogP contribution >= 0.6 is 0 Å². The Morgan fingerprint density at radius 1 is 1.12 bits per heavy atom. The molecule has 1 N–H and O–H groups in total. The zero-order valence-electron chi connectivity index (χ0n) is 11.2. The lowest BCUT2D eigenvalue weighted by atomic mass is 9.78. The molecule has 1 atom stereocenters. The van der Waals surface area contributed by atoms with E-state index in [1.165, 1.54) is 38.5 Å². The Morgan fingerprint density at radius 2 is 1.88 bits per heavy atom. The van der Waals surface area contributed by atoms with Gasteiger partial charge in [-0.05, 0) is 63.5 Å². The van der Waals surface area contributed by atoms with Gasteiger partial charge < -0.3 is 5.32 Å². The molecule has 2 rings (SSSR count). The number of carbonyl (C=O) groups excluding carboxylic acids is 1. The molecule has 0 bridgehead atoms. The van der Waals surface area contributed by atoms with Crippen molar-refractivity contribution in [1.29, 1.82) is 0 Å². The topological polar surface area (TPSA) is 29.1 Å². The van der Waals surface area contributed by atoms with Crippen molar-refractivity contribution in [2.45, 2.75) is 58.3 Å². The van der Waals surface area contributed by atoms with Crippen molar-refractivity contribution in [3.05, 3.63) is 0 Å². The third-order valence-electron chi connectivity index (χ3n) is 4.84. The zero-order valence-corrected chi connectivity index (χ0v) is 11.2. The van der Waals surface area contributed by atoms with Crippen LogP contribution in [0.1, 0.15) is 58.3 Å². The number of hydrogen-bond donors (Lipinski definition) is 1. The van der Waals surface area contributed by atoms with Gasteiger partial charge in [0.05, 0.1) is 0 Å². The molecule has 0 radical (unpaired) electrons. The lowest BCUT2D eigenvalue weighted by Crippen LogP contribution is -2.22. The molecule has 2 fully saturated rings. The second-order valence-electron chi connectivity index (χ2n) is 5.99. The van der Waals surface area contributed by atoms with Gasteiger partial charge in [-0.2, -0.15) is 0 Å². The fraction of sp³-hybridized carbons (Fsp3) is 0.933. The quantitative estimate of drug-likeness (QED) is 0.796. The van der Waals surface area contributed by atoms with Gasteiger partial charge in [0.25, 0.3) is 0 Å². The number of carbonyl (C=O) groups is 1. The lowest BCUT2D eigenvalue weighted by molar-refractivity contribution is -0.124. The normalized spacial score (nSPS) is 33.8. The third kappa shape index (κ3) is 3.80. The first kappa shape index (κ1) is 13.1. The summed E-state index contributed by atoms with van der Waals surface area (Å²) in [5.41, 5.74) is 0. The van der Waals surface area contributed by atoms with Gasteiger partial charge in [-0.15, -0.1) is 0 Å². The Hall–Kier alpha value is -0.370. The summed E-state index contributed by atoms with van der Waals surface area (Å²) in [5, 5.41) is 3.38. The van der Waals surface area contributed by atoms with E-state index in [4.69, 9.17) is 0 Å². The summed E-state index contributed by atoms with van der Waals surface area (Å²) in [7, 11) is 0. The molecule has 1 saturated heterocycles. The smallest absolute Gasteiger partial charge is 0.135 e. The van der Waals surface area contributed by atoms with Crippen molar-refractivity contribution < 1.29 is 4.79 Å². The fourth-order valence-corrected chi connectivity index (χ4v) is 3.40. The molecule has 0 spiro atoms. The van der Waals surface area contributed by atoms with E-state index in [-0.39, 0.29) is 0 Å². The van der Waals surface area contributed by atoms with Gasteiger partial charge in [0.1, 0.15) is 5.78 Å². The maximum Gasteiger partial charge on any atom is 0.135 e. The average Bonchev–Trinajstić information content (AvgIpc) is 2.89. The lowest BCUT2D eigenvalue weighted by Gasteiger charge is -2.27. The Labute approximate surface area is 106 Å². The van der Waals surface area contributed by atoms with Crippen molar-refractivity contribution in [3.63, 3.8) is 0 Å². The molecule has 0 amide bonds. The van der Waals surface area contributed by atoms with E-state index in [1.54, 1.807) is 0 Å². The molecule has 1 unspecified atom stereocenters. The van der Waals surface area contributed by atoms with Crippen molar-refractivity contribution >= 4 is 5.78 Å². The predicted molar refractivity (Wildman–Crippen MR) is 71.0 cm³/mol. The van der Waals surface area contributed by atoms with Crippen LogP contribution in [0, 0.1) is 17.8 Å². The maximum absolute atomic E-state index is 12.1. The van der Waals surface area contributed by atoms with Crippen molar-refractivity contribution in [3.8, 4) is 0 Å². The van der Waals surface area contributed by atoms with E-state index in [0.717, 1.165) is 37.8 Å². The van der Waals surface area contributed by atoms with Gasteiger partial charge in [-0.3, -0.25) is 4.79 Å². The van der Waals surface area contributed by atoms with Crippen LogP contribution in [0.2, 0.25) is 0 Å². The molecule has 17 heavy (non-hydrogen) atoms. The molecule has 0 aromatic heterocycles. The fourth-order valence-electron chi connectivity index (χ4n) is 3.40. The number of ketones is 1. The molecular weight excluding hydrogens is 210 g/mol. The van der Waals surface area contributed by atoms with E-state index in [0.29, 0.717) is 11.7 Å². The summed E-state index contributed by atoms with van der Waals surface area (Å²) in [6.07, 6.45) is 9.45. The van der Waals surface area contributed by atoms with Crippen LogP contribution in [-0.2, 0) is 4.79 Å². The molecule has 1 heterocycles. The van der Waals surface area contributed by atoms with E-state index < -0.39 is 0 Å². The second kappa shape index (κ2) is 6.53. The van der Waals surface area contributed by atoms with E-state index >= 15 is 0 Å². The molecule has 2 heteroatoms. The van der Waals surface area contributed by atoms with Gasteiger partial charge in [0.15, 0.2) is 0 Å². The van der Waals surface area contributed by atoms with Crippen molar-refractivity contribution in [2.75, 3.05) is 13.1 Å². The number of hydrogen-bond acceptors (Lipinski definition) is 2. The predicted octanol–water partition coefficient (Wildman–Crippen LogP) is 3.16. The molecule has 98 valence electrons. The maximum atomic E-state index is 12.1. The largest absolute Gasteiger partial charge is 0.316 e. The SMILES string of the molecule is CCC1CCC(C(=O)CCC2CCNC2)CC1. The van der Waals surface area contributed by atoms with E-state index in [2.05, 4.69) is 12.2 Å². The van der Waals surface area contributed by atoms with Crippen molar-refractivity contribution in [2.24, 2.45) is 17.8 Å². The van der Waals surface area contributed by atoms with Crippen LogP contribution in [0.3, 0.4) is 0 Å². The Bertz CT molecular complexity index is 237. The molecule has 1 saturated carbocycles. The molecule has 0 aromatic carbocycles. The molecule has 1 aliphatic heterocycles. The second-order valence-corrected chi connectivity index (χ2v) is 5.99. The molecule has 0 aromatic rings. The minimum atomic E-state index is 0.409. The zero-order chi connectivity index (χ0) is 12.1. The van der Waals surface area contributed by atoms with Crippen LogP contribution in [0.4, 0.5) is 0 Å². The third-order valence-corrected chi connectivity index (χ3v) is 4.84. The minimum Gasteiger partial charge on any atom is -0.316 e. The van der Waals surface area contributed by atoms with Gasteiger partial charge >= 0.3 is 0 Å². The highest BCUT2D eigenvalue weighted by Crippen LogP contribution is 2.32. The van der Waals surface area contributed by atoms with E-state index in [9.17, 15) is 4.79 Å². The molecule has 2 nitrogen and oxygen atoms in total. The summed E-state index contributed by atoms with van der Waals surface area (Å²) in [6.45, 7) is 4.57. The van der Waals surface area contributed by atoms with Crippen LogP contribution in [0.5, 0.6) is 0 Å². The highest BCUT2D eigenvalue weighted by molar-refractivity contribution is 5.81. The van der Waals surface area contributed by atoms with Gasteiger partial charge in [-0.25, -0.2) is 0 Å². The molecule has 2 aliphatic rings. The summed E-state index contributed by atoms with van der Waals surface area (Å²) in [5.74, 6) is 2.64. The van der Waals surface area contributed by atoms with Crippen LogP contribution in [-0.4, -0.2) is 18.9 Å². The highest BCUT2D eigenvalue weighted by atomic mass is 16.1. The number of nitrogens with one attached hydrogen (secondary N) is 1. The van der Waals surface area contributed by atoms with Gasteiger partial charge in [0, 0.05) is 12.3 Å². The van der Waals surface area contributed by atoms with Gasteiger partial charge in [-0.1, -0.05) is 13.3 Å². The van der Waals surface area contributed by atoms with Gasteiger partial charge in [0.2, 0.25) is 0 Å². The minimum absolute atomic E-state index is 0.409. The summed E-state index contributed by atoms with van der Waals surface area (Å²) in [4.78, 5) is 12.1. The number of Topliss-reactive ketones (excluding diaryl/α,β-unsaturated/α-hetero) is 1. The standard InChI is InChI=1S/C15H27NO/c1-2-12-3-6-14(7-4-12)15(17)8-5-13-9-10-16-11-13/h12-14,16H,2-11H2,1H3. The Morgan fingerprint density at radius 3 is 2.47 bits per heavy atom. The Kier molecular flexibility index (Phi) is 5.02. The van der Waals surface area contributed by atoms with Crippen LogP contribution in [0.15, 0.2) is 0 Å². The first-order valence-corrected chi connectivity index (χ1v) is 7.53. The van der Waals surface area contributed by atoms with Crippen LogP contribution < -0.4 is 5.32 Å². The molecule has 1 aliphatic carbocycles. The summed E-state index contributed by atoms with van der Waals surface area (Å²) < 4.78 is 0. The highest BCUT2D eigenvalue weighted by Gasteiger charge is 2.26. The monoisotopic (exact) mass is 237 g/mol. The average molecular weight is 237 g/mol. The molecular formula is C15H27NO. The first-order chi connectivity index (χ1) is 8.29. The number of rotatable bonds is 5. The van der Waals surface area contributed by atoms with Crippen molar-refractivity contribution in [1.82, 2.24) is 5.32 Å². The first-order valence-electron chi connectivity index (χ1n) is 7.53. The van der Waals surface area contributed by atoms with E-state index in [1.807, 2.05) is 0 Å². The Balaban J connectivity index is 1.66. The van der Waals surface area contributed by atoms with Crippen LogP contribution in [0.25, 0.3) is 0 Å². The summed E-state index contributed by atoms with van der Waals surface area (Å²) >= 11 is 0. The summed E-state index contributed by atoms with van der Waals surface area (Å²) in [6, 6.07) is 0.